The van der Waals surface area contributed by atoms with E-state index in [9.17, 15) is 4.79 Å². The van der Waals surface area contributed by atoms with Gasteiger partial charge in [-0.2, -0.15) is 0 Å². The van der Waals surface area contributed by atoms with E-state index >= 15 is 0 Å². The van der Waals surface area contributed by atoms with E-state index in [1.807, 2.05) is 30.3 Å². The molecule has 6 N–H and O–H groups in total. The Morgan fingerprint density at radius 2 is 1.55 bits per heavy atom. The van der Waals surface area contributed by atoms with Crippen LogP contribution in [0.2, 0.25) is 0 Å². The van der Waals surface area contributed by atoms with E-state index in [1.165, 1.54) is 62.3 Å². The number of amidine groups is 1. The van der Waals surface area contributed by atoms with E-state index in [-0.39, 0.29) is 41.4 Å². The van der Waals surface area contributed by atoms with Crippen LogP contribution in [-0.4, -0.2) is 40.8 Å². The zero-order chi connectivity index (χ0) is 33.8. The number of benzene rings is 3. The maximum atomic E-state index is 14.7. The molecule has 3 saturated carbocycles. The molecule has 4 aliphatic rings. The SMILES string of the molecule is N=C(N)C1CCC2(C3CCCCCCCC3)CC(C(=O)N[C@H]3CC[C@H](N)CC3)N(Cc3cc(Oc4ccccc4)cc4ccccc34)C2C1. The molecule has 1 heterocycles. The minimum absolute atomic E-state index is 0.0428. The molecule has 4 unspecified atom stereocenters. The van der Waals surface area contributed by atoms with Crippen molar-refractivity contribution in [3.8, 4) is 11.5 Å². The molecule has 1 saturated heterocycles. The van der Waals surface area contributed by atoms with Gasteiger partial charge in [-0.1, -0.05) is 81.0 Å². The number of fused-ring (bicyclic) bond motifs is 2. The predicted molar refractivity (Wildman–Crippen MR) is 199 cm³/mol. The van der Waals surface area contributed by atoms with Gasteiger partial charge in [0, 0.05) is 30.6 Å². The number of carbonyl (C=O) groups is 1. The number of hydrogen-bond acceptors (Lipinski definition) is 5. The van der Waals surface area contributed by atoms with Gasteiger partial charge in [0.25, 0.3) is 0 Å². The molecule has 3 aromatic carbocycles. The minimum Gasteiger partial charge on any atom is -0.457 e. The molecule has 0 aromatic heterocycles. The van der Waals surface area contributed by atoms with Gasteiger partial charge in [-0.05, 0) is 116 Å². The number of nitrogens with one attached hydrogen (secondary N) is 2. The third kappa shape index (κ3) is 7.53. The number of nitrogens with two attached hydrogens (primary N) is 2. The van der Waals surface area contributed by atoms with Crippen molar-refractivity contribution >= 4 is 22.5 Å². The fraction of sp³-hybridized carbons (Fsp3) is 0.571. The Hall–Kier alpha value is -3.42. The van der Waals surface area contributed by atoms with Gasteiger partial charge in [0.2, 0.25) is 5.91 Å². The van der Waals surface area contributed by atoms with E-state index < -0.39 is 0 Å². The third-order valence-electron chi connectivity index (χ3n) is 12.8. The normalized spacial score (nSPS) is 30.1. The number of nitrogens with zero attached hydrogens (tertiary/aromatic N) is 1. The van der Waals surface area contributed by atoms with Crippen LogP contribution in [-0.2, 0) is 11.3 Å². The highest BCUT2D eigenvalue weighted by atomic mass is 16.5. The van der Waals surface area contributed by atoms with Gasteiger partial charge in [-0.15, -0.1) is 0 Å². The first-order valence-corrected chi connectivity index (χ1v) is 19.3. The Bertz CT molecular complexity index is 1580. The second-order valence-electron chi connectivity index (χ2n) is 15.8. The molecule has 1 aliphatic heterocycles. The van der Waals surface area contributed by atoms with Gasteiger partial charge in [-0.25, -0.2) is 0 Å². The summed E-state index contributed by atoms with van der Waals surface area (Å²) >= 11 is 0. The Balaban J connectivity index is 1.28. The highest BCUT2D eigenvalue weighted by Gasteiger charge is 2.59. The number of rotatable bonds is 8. The first-order chi connectivity index (χ1) is 23.9. The summed E-state index contributed by atoms with van der Waals surface area (Å²) in [6.07, 6.45) is 17.9. The van der Waals surface area contributed by atoms with E-state index in [2.05, 4.69) is 46.6 Å². The quantitative estimate of drug-likeness (QED) is 0.143. The number of likely N-dealkylation sites (tertiary alicyclic amines) is 1. The zero-order valence-corrected chi connectivity index (χ0v) is 29.3. The Kier molecular flexibility index (Phi) is 10.6. The van der Waals surface area contributed by atoms with Gasteiger partial charge >= 0.3 is 0 Å². The molecule has 49 heavy (non-hydrogen) atoms. The second kappa shape index (κ2) is 15.2. The highest BCUT2D eigenvalue weighted by molar-refractivity contribution is 5.88. The third-order valence-corrected chi connectivity index (χ3v) is 12.8. The minimum atomic E-state index is -0.226. The zero-order valence-electron chi connectivity index (χ0n) is 29.3. The Morgan fingerprint density at radius 1 is 0.857 bits per heavy atom. The molecule has 1 amide bonds. The average molecular weight is 664 g/mol. The van der Waals surface area contributed by atoms with Gasteiger partial charge < -0.3 is 21.5 Å². The van der Waals surface area contributed by atoms with Gasteiger partial charge in [0.1, 0.15) is 11.5 Å². The number of hydrogen-bond donors (Lipinski definition) is 4. The fourth-order valence-electron chi connectivity index (χ4n) is 10.2. The number of amides is 1. The summed E-state index contributed by atoms with van der Waals surface area (Å²) in [6, 6.07) is 23.2. The second-order valence-corrected chi connectivity index (χ2v) is 15.8. The van der Waals surface area contributed by atoms with Gasteiger partial charge in [-0.3, -0.25) is 15.1 Å². The summed E-state index contributed by atoms with van der Waals surface area (Å²) in [6.45, 7) is 0.657. The van der Waals surface area contributed by atoms with E-state index in [0.717, 1.165) is 68.3 Å². The number of para-hydroxylation sites is 1. The summed E-state index contributed by atoms with van der Waals surface area (Å²) in [5.74, 6) is 2.75. The average Bonchev–Trinajstić information content (AvgIpc) is 3.51. The van der Waals surface area contributed by atoms with Crippen molar-refractivity contribution in [1.29, 1.82) is 5.41 Å². The van der Waals surface area contributed by atoms with Crippen LogP contribution in [0.4, 0.5) is 0 Å². The van der Waals surface area contributed by atoms with Crippen molar-refractivity contribution in [3.63, 3.8) is 0 Å². The van der Waals surface area contributed by atoms with Gasteiger partial charge in [0.05, 0.1) is 11.9 Å². The van der Waals surface area contributed by atoms with Crippen LogP contribution in [0.25, 0.3) is 10.8 Å². The lowest BCUT2D eigenvalue weighted by Crippen LogP contribution is -2.52. The lowest BCUT2D eigenvalue weighted by molar-refractivity contribution is -0.127. The van der Waals surface area contributed by atoms with Crippen LogP contribution >= 0.6 is 0 Å². The van der Waals surface area contributed by atoms with Crippen LogP contribution in [0.15, 0.2) is 66.7 Å². The highest BCUT2D eigenvalue weighted by Crippen LogP contribution is 2.58. The van der Waals surface area contributed by atoms with Crippen molar-refractivity contribution < 1.29 is 9.53 Å². The van der Waals surface area contributed by atoms with Crippen molar-refractivity contribution in [3.05, 3.63) is 72.3 Å². The maximum Gasteiger partial charge on any atom is 0.237 e. The van der Waals surface area contributed by atoms with Crippen molar-refractivity contribution in [1.82, 2.24) is 10.2 Å². The summed E-state index contributed by atoms with van der Waals surface area (Å²) in [7, 11) is 0. The topological polar surface area (TPSA) is 117 Å². The first kappa shape index (κ1) is 34.0. The first-order valence-electron chi connectivity index (χ1n) is 19.3. The molecule has 0 radical (unpaired) electrons. The van der Waals surface area contributed by atoms with Crippen LogP contribution in [0.5, 0.6) is 11.5 Å². The molecule has 262 valence electrons. The summed E-state index contributed by atoms with van der Waals surface area (Å²) in [5, 5.41) is 14.4. The standard InChI is InChI=1S/C42H57N5O2/c43-33-18-20-34(21-19-33)46-41(48)38-27-42(32-13-6-3-1-2-4-7-14-32)23-22-30(40(44)45)26-39(42)47(38)28-31-25-36(49-35-15-8-5-9-16-35)24-29-12-10-11-17-37(29)31/h5,8-12,15-17,24-25,30,32-34,38-39H,1-4,6-7,13-14,18-23,26-28,43H2,(H3,44,45)(H,46,48)/t30?,33-,34-,38?,39?,42?. The molecule has 4 fully saturated rings. The molecule has 7 heteroatoms. The molecule has 3 aliphatic carbocycles. The van der Waals surface area contributed by atoms with E-state index in [0.29, 0.717) is 18.3 Å². The largest absolute Gasteiger partial charge is 0.457 e. The van der Waals surface area contributed by atoms with Crippen LogP contribution < -0.4 is 21.5 Å². The monoisotopic (exact) mass is 663 g/mol. The molecule has 3 aromatic rings. The Labute approximate surface area is 293 Å². The molecule has 7 nitrogen and oxygen atoms in total. The van der Waals surface area contributed by atoms with E-state index in [1.54, 1.807) is 0 Å². The molecule has 4 atom stereocenters. The Morgan fingerprint density at radius 3 is 2.29 bits per heavy atom. The van der Waals surface area contributed by atoms with Crippen LogP contribution in [0.1, 0.15) is 108 Å². The molecule has 0 bridgehead atoms. The van der Waals surface area contributed by atoms with Crippen LogP contribution in [0.3, 0.4) is 0 Å². The summed E-state index contributed by atoms with van der Waals surface area (Å²) < 4.78 is 6.43. The molecular formula is C42H57N5O2. The lowest BCUT2D eigenvalue weighted by atomic mass is 9.58. The molecule has 7 rings (SSSR count). The molecule has 0 spiro atoms. The van der Waals surface area contributed by atoms with Gasteiger partial charge in [0.15, 0.2) is 0 Å². The lowest BCUT2D eigenvalue weighted by Gasteiger charge is -2.49. The van der Waals surface area contributed by atoms with Crippen molar-refractivity contribution in [2.24, 2.45) is 28.7 Å². The van der Waals surface area contributed by atoms with E-state index in [4.69, 9.17) is 21.6 Å². The number of ether oxygens (including phenoxy) is 1. The summed E-state index contributed by atoms with van der Waals surface area (Å²) in [5.41, 5.74) is 13.8. The maximum absolute atomic E-state index is 14.7. The molecular weight excluding hydrogens is 606 g/mol. The van der Waals surface area contributed by atoms with Crippen molar-refractivity contribution in [2.45, 2.75) is 133 Å². The number of carbonyl (C=O) groups excluding carboxylic acids is 1. The van der Waals surface area contributed by atoms with Crippen molar-refractivity contribution in [2.75, 3.05) is 0 Å². The smallest absolute Gasteiger partial charge is 0.237 e. The predicted octanol–water partition coefficient (Wildman–Crippen LogP) is 8.43. The van der Waals surface area contributed by atoms with Crippen LogP contribution in [0, 0.1) is 22.7 Å². The summed E-state index contributed by atoms with van der Waals surface area (Å²) in [4.78, 5) is 17.2. The fourth-order valence-corrected chi connectivity index (χ4v) is 10.2.